The minimum atomic E-state index is -0.405. The molecule has 0 spiro atoms. The third-order valence-corrected chi connectivity index (χ3v) is 3.24. The van der Waals surface area contributed by atoms with Gasteiger partial charge in [0.25, 0.3) is 0 Å². The van der Waals surface area contributed by atoms with Crippen molar-refractivity contribution in [2.45, 2.75) is 32.2 Å². The van der Waals surface area contributed by atoms with E-state index in [1.807, 2.05) is 51.1 Å². The second-order valence-electron chi connectivity index (χ2n) is 5.49. The van der Waals surface area contributed by atoms with E-state index in [4.69, 9.17) is 10.2 Å². The van der Waals surface area contributed by atoms with E-state index >= 15 is 0 Å². The average Bonchev–Trinajstić information content (AvgIpc) is 2.81. The summed E-state index contributed by atoms with van der Waals surface area (Å²) in [5, 5.41) is 3.93. The van der Waals surface area contributed by atoms with Gasteiger partial charge >= 0.3 is 0 Å². The van der Waals surface area contributed by atoms with Gasteiger partial charge in [0.15, 0.2) is 0 Å². The van der Waals surface area contributed by atoms with Crippen LogP contribution in [0.4, 0.5) is 0 Å². The first-order valence-corrected chi connectivity index (χ1v) is 6.43. The first-order chi connectivity index (χ1) is 8.93. The van der Waals surface area contributed by atoms with Crippen molar-refractivity contribution in [1.82, 2.24) is 5.32 Å². The molecular formula is C15H20N2O2. The number of amides is 1. The van der Waals surface area contributed by atoms with Gasteiger partial charge in [0.1, 0.15) is 11.3 Å². The number of carbonyl (C=O) groups is 1. The van der Waals surface area contributed by atoms with Gasteiger partial charge in [-0.15, -0.1) is 0 Å². The van der Waals surface area contributed by atoms with Crippen molar-refractivity contribution in [2.24, 2.45) is 5.73 Å². The van der Waals surface area contributed by atoms with Crippen molar-refractivity contribution in [3.05, 3.63) is 36.1 Å². The molecule has 1 aromatic heterocycles. The maximum absolute atomic E-state index is 12.2. The third kappa shape index (κ3) is 2.96. The van der Waals surface area contributed by atoms with Crippen molar-refractivity contribution < 1.29 is 9.21 Å². The van der Waals surface area contributed by atoms with Crippen molar-refractivity contribution >= 4 is 16.9 Å². The number of para-hydroxylation sites is 1. The molecule has 102 valence electrons. The summed E-state index contributed by atoms with van der Waals surface area (Å²) < 4.78 is 5.71. The minimum Gasteiger partial charge on any atom is -0.460 e. The largest absolute Gasteiger partial charge is 0.460 e. The summed E-state index contributed by atoms with van der Waals surface area (Å²) in [6.07, 6.45) is 0. The minimum absolute atomic E-state index is 0.0745. The lowest BCUT2D eigenvalue weighted by molar-refractivity contribution is -0.124. The Bertz CT molecular complexity index is 554. The van der Waals surface area contributed by atoms with E-state index in [9.17, 15) is 4.79 Å². The maximum atomic E-state index is 12.2. The van der Waals surface area contributed by atoms with Gasteiger partial charge in [-0.05, 0) is 32.9 Å². The Hall–Kier alpha value is -1.81. The predicted molar refractivity (Wildman–Crippen MR) is 75.9 cm³/mol. The Kier molecular flexibility index (Phi) is 3.62. The van der Waals surface area contributed by atoms with Crippen LogP contribution < -0.4 is 11.1 Å². The average molecular weight is 260 g/mol. The lowest BCUT2D eigenvalue weighted by Crippen LogP contribution is -2.50. The van der Waals surface area contributed by atoms with Crippen LogP contribution in [0.5, 0.6) is 0 Å². The van der Waals surface area contributed by atoms with E-state index in [1.165, 1.54) is 0 Å². The number of rotatable bonds is 4. The molecule has 1 atom stereocenters. The second kappa shape index (κ2) is 5.05. The first-order valence-electron chi connectivity index (χ1n) is 6.43. The molecule has 4 heteroatoms. The molecule has 2 rings (SSSR count). The maximum Gasteiger partial charge on any atom is 0.230 e. The molecular weight excluding hydrogens is 240 g/mol. The van der Waals surface area contributed by atoms with E-state index in [1.54, 1.807) is 0 Å². The molecule has 0 saturated heterocycles. The standard InChI is InChI=1S/C15H20N2O2/c1-10(14(18)17-15(2,3)9-16)13-8-11-6-4-5-7-12(11)19-13/h4-8,10H,9,16H2,1-3H3,(H,17,18). The molecule has 3 N–H and O–H groups in total. The SMILES string of the molecule is CC(C(=O)NC(C)(C)CN)c1cc2ccccc2o1. The highest BCUT2D eigenvalue weighted by atomic mass is 16.3. The highest BCUT2D eigenvalue weighted by molar-refractivity contribution is 5.85. The van der Waals surface area contributed by atoms with Crippen LogP contribution in [0.25, 0.3) is 11.0 Å². The molecule has 1 heterocycles. The van der Waals surface area contributed by atoms with Crippen LogP contribution in [0.1, 0.15) is 32.4 Å². The van der Waals surface area contributed by atoms with Crippen LogP contribution in [-0.4, -0.2) is 18.0 Å². The number of hydrogen-bond acceptors (Lipinski definition) is 3. The molecule has 19 heavy (non-hydrogen) atoms. The van der Waals surface area contributed by atoms with Crippen LogP contribution >= 0.6 is 0 Å². The van der Waals surface area contributed by atoms with Crippen LogP contribution in [0.3, 0.4) is 0 Å². The quantitative estimate of drug-likeness (QED) is 0.887. The number of hydrogen-bond donors (Lipinski definition) is 2. The lowest BCUT2D eigenvalue weighted by Gasteiger charge is -2.25. The van der Waals surface area contributed by atoms with Crippen LogP contribution in [0.2, 0.25) is 0 Å². The van der Waals surface area contributed by atoms with Gasteiger partial charge < -0.3 is 15.5 Å². The fourth-order valence-corrected chi connectivity index (χ4v) is 1.84. The molecule has 4 nitrogen and oxygen atoms in total. The zero-order chi connectivity index (χ0) is 14.0. The molecule has 0 bridgehead atoms. The molecule has 1 aromatic carbocycles. The zero-order valence-electron chi connectivity index (χ0n) is 11.6. The molecule has 0 aliphatic heterocycles. The smallest absolute Gasteiger partial charge is 0.230 e. The number of carbonyl (C=O) groups excluding carboxylic acids is 1. The monoisotopic (exact) mass is 260 g/mol. The Morgan fingerprint density at radius 2 is 2.11 bits per heavy atom. The van der Waals surface area contributed by atoms with Gasteiger partial charge in [-0.3, -0.25) is 4.79 Å². The Morgan fingerprint density at radius 3 is 2.74 bits per heavy atom. The molecule has 2 aromatic rings. The summed E-state index contributed by atoms with van der Waals surface area (Å²) in [5.74, 6) is 0.263. The first kappa shape index (κ1) is 13.6. The number of nitrogens with one attached hydrogen (secondary N) is 1. The molecule has 0 saturated carbocycles. The van der Waals surface area contributed by atoms with Crippen molar-refractivity contribution in [2.75, 3.05) is 6.54 Å². The number of benzene rings is 1. The summed E-state index contributed by atoms with van der Waals surface area (Å²) in [5.41, 5.74) is 6.01. The summed E-state index contributed by atoms with van der Waals surface area (Å²) in [6.45, 7) is 6.03. The van der Waals surface area contributed by atoms with Gasteiger partial charge in [-0.25, -0.2) is 0 Å². The number of nitrogens with two attached hydrogens (primary N) is 1. The number of fused-ring (bicyclic) bond motifs is 1. The normalized spacial score (nSPS) is 13.5. The van der Waals surface area contributed by atoms with Crippen LogP contribution in [0.15, 0.2) is 34.7 Å². The molecule has 1 unspecified atom stereocenters. The van der Waals surface area contributed by atoms with E-state index < -0.39 is 5.54 Å². The molecule has 1 amide bonds. The highest BCUT2D eigenvalue weighted by Gasteiger charge is 2.25. The zero-order valence-corrected chi connectivity index (χ0v) is 11.6. The van der Waals surface area contributed by atoms with Gasteiger partial charge in [0, 0.05) is 17.5 Å². The summed E-state index contributed by atoms with van der Waals surface area (Å²) in [6, 6.07) is 9.64. The lowest BCUT2D eigenvalue weighted by atomic mass is 10.0. The summed E-state index contributed by atoms with van der Waals surface area (Å²) >= 11 is 0. The second-order valence-corrected chi connectivity index (χ2v) is 5.49. The van der Waals surface area contributed by atoms with Crippen molar-refractivity contribution in [3.8, 4) is 0 Å². The van der Waals surface area contributed by atoms with E-state index in [0.717, 1.165) is 11.0 Å². The van der Waals surface area contributed by atoms with Gasteiger partial charge in [-0.1, -0.05) is 18.2 Å². The van der Waals surface area contributed by atoms with Crippen LogP contribution in [-0.2, 0) is 4.79 Å². The fraction of sp³-hybridized carbons (Fsp3) is 0.400. The number of furan rings is 1. The van der Waals surface area contributed by atoms with E-state index in [-0.39, 0.29) is 11.8 Å². The van der Waals surface area contributed by atoms with E-state index in [2.05, 4.69) is 5.32 Å². The van der Waals surface area contributed by atoms with Crippen molar-refractivity contribution in [1.29, 1.82) is 0 Å². The summed E-state index contributed by atoms with van der Waals surface area (Å²) in [7, 11) is 0. The Morgan fingerprint density at radius 1 is 1.42 bits per heavy atom. The predicted octanol–water partition coefficient (Wildman–Crippen LogP) is 2.39. The van der Waals surface area contributed by atoms with Gasteiger partial charge in [-0.2, -0.15) is 0 Å². The highest BCUT2D eigenvalue weighted by Crippen LogP contribution is 2.25. The molecule has 0 fully saturated rings. The fourth-order valence-electron chi connectivity index (χ4n) is 1.84. The van der Waals surface area contributed by atoms with Gasteiger partial charge in [0.2, 0.25) is 5.91 Å². The molecule has 0 aliphatic carbocycles. The Balaban J connectivity index is 2.19. The van der Waals surface area contributed by atoms with Gasteiger partial charge in [0.05, 0.1) is 5.92 Å². The molecule has 0 radical (unpaired) electrons. The summed E-state index contributed by atoms with van der Waals surface area (Å²) in [4.78, 5) is 12.2. The van der Waals surface area contributed by atoms with Crippen molar-refractivity contribution in [3.63, 3.8) is 0 Å². The molecule has 0 aliphatic rings. The van der Waals surface area contributed by atoms with E-state index in [0.29, 0.717) is 12.3 Å². The Labute approximate surface area is 113 Å². The topological polar surface area (TPSA) is 68.3 Å². The third-order valence-electron chi connectivity index (χ3n) is 3.24. The van der Waals surface area contributed by atoms with Crippen LogP contribution in [0, 0.1) is 0 Å².